The van der Waals surface area contributed by atoms with E-state index in [0.717, 1.165) is 11.4 Å². The van der Waals surface area contributed by atoms with E-state index in [1.54, 1.807) is 39.0 Å². The minimum absolute atomic E-state index is 0.0497. The molecule has 1 aliphatic heterocycles. The Morgan fingerprint density at radius 3 is 2.37 bits per heavy atom. The van der Waals surface area contributed by atoms with Gasteiger partial charge in [-0.2, -0.15) is 0 Å². The van der Waals surface area contributed by atoms with E-state index >= 15 is 0 Å². The molecule has 1 aliphatic rings. The molecule has 0 saturated carbocycles. The van der Waals surface area contributed by atoms with E-state index in [0.29, 0.717) is 43.5 Å². The zero-order chi connectivity index (χ0) is 19.7. The van der Waals surface area contributed by atoms with Crippen LogP contribution >= 0.6 is 0 Å². The number of rotatable bonds is 5. The largest absolute Gasteiger partial charge is 0.399 e. The van der Waals surface area contributed by atoms with Crippen molar-refractivity contribution in [3.8, 4) is 11.4 Å². The molecule has 1 fully saturated rings. The van der Waals surface area contributed by atoms with Gasteiger partial charge in [0.2, 0.25) is 0 Å². The summed E-state index contributed by atoms with van der Waals surface area (Å²) in [5, 5.41) is 0. The number of benzene rings is 1. The summed E-state index contributed by atoms with van der Waals surface area (Å²) >= 11 is 0. The highest BCUT2D eigenvalue weighted by molar-refractivity contribution is 7.92. The molecular weight excluding hydrogens is 364 g/mol. The van der Waals surface area contributed by atoms with Crippen LogP contribution in [0.15, 0.2) is 30.3 Å². The molecule has 0 aliphatic carbocycles. The predicted octanol–water partition coefficient (Wildman–Crippen LogP) is 2.23. The van der Waals surface area contributed by atoms with E-state index in [1.165, 1.54) is 0 Å². The second kappa shape index (κ2) is 7.44. The van der Waals surface area contributed by atoms with Crippen molar-refractivity contribution in [2.75, 3.05) is 42.7 Å². The summed E-state index contributed by atoms with van der Waals surface area (Å²) in [6, 6.07) is 9.05. The number of anilines is 2. The molecule has 2 aromatic rings. The highest BCUT2D eigenvalue weighted by Gasteiger charge is 2.37. The first-order valence-electron chi connectivity index (χ1n) is 9.05. The SMILES string of the molecule is CCS(=O)(=O)C(C)(C)c1cc(N2CCOCC2)nc(-c2ccc(N)cc2)n1. The topological polar surface area (TPSA) is 98.4 Å². The van der Waals surface area contributed by atoms with Crippen molar-refractivity contribution in [1.29, 1.82) is 0 Å². The molecule has 2 heterocycles. The first kappa shape index (κ1) is 19.6. The second-order valence-corrected chi connectivity index (χ2v) is 9.90. The lowest BCUT2D eigenvalue weighted by atomic mass is 10.1. The lowest BCUT2D eigenvalue weighted by molar-refractivity contribution is 0.122. The lowest BCUT2D eigenvalue weighted by Gasteiger charge is -2.30. The Morgan fingerprint density at radius 2 is 1.78 bits per heavy atom. The van der Waals surface area contributed by atoms with Crippen LogP contribution in [0.2, 0.25) is 0 Å². The molecule has 146 valence electrons. The van der Waals surface area contributed by atoms with Gasteiger partial charge in [-0.05, 0) is 38.1 Å². The van der Waals surface area contributed by atoms with Crippen molar-refractivity contribution in [3.05, 3.63) is 36.0 Å². The maximum atomic E-state index is 12.7. The van der Waals surface area contributed by atoms with Crippen LogP contribution in [0.5, 0.6) is 0 Å². The Bertz CT molecular complexity index is 905. The van der Waals surface area contributed by atoms with E-state index in [9.17, 15) is 8.42 Å². The zero-order valence-electron chi connectivity index (χ0n) is 16.0. The van der Waals surface area contributed by atoms with Gasteiger partial charge in [-0.15, -0.1) is 0 Å². The van der Waals surface area contributed by atoms with E-state index in [4.69, 9.17) is 15.5 Å². The summed E-state index contributed by atoms with van der Waals surface area (Å²) in [5.41, 5.74) is 7.72. The predicted molar refractivity (Wildman–Crippen MR) is 107 cm³/mol. The normalized spacial score (nSPS) is 15.7. The summed E-state index contributed by atoms with van der Waals surface area (Å²) in [6.45, 7) is 7.70. The van der Waals surface area contributed by atoms with Gasteiger partial charge >= 0.3 is 0 Å². The third kappa shape index (κ3) is 3.91. The number of ether oxygens (including phenoxy) is 1. The van der Waals surface area contributed by atoms with Gasteiger partial charge in [0.25, 0.3) is 0 Å². The number of morpholine rings is 1. The molecular formula is C19H26N4O3S. The summed E-state index contributed by atoms with van der Waals surface area (Å²) in [5.74, 6) is 1.26. The third-order valence-corrected chi connectivity index (χ3v) is 7.52. The number of hydrogen-bond acceptors (Lipinski definition) is 7. The van der Waals surface area contributed by atoms with Crippen LogP contribution in [0.3, 0.4) is 0 Å². The molecule has 0 atom stereocenters. The molecule has 1 aromatic carbocycles. The minimum atomic E-state index is -3.36. The lowest BCUT2D eigenvalue weighted by Crippen LogP contribution is -2.38. The fourth-order valence-electron chi connectivity index (χ4n) is 2.98. The van der Waals surface area contributed by atoms with Crippen molar-refractivity contribution >= 4 is 21.3 Å². The number of hydrogen-bond donors (Lipinski definition) is 1. The molecule has 3 rings (SSSR count). The number of aromatic nitrogens is 2. The average Bonchev–Trinajstić information content (AvgIpc) is 2.68. The Labute approximate surface area is 160 Å². The molecule has 8 heteroatoms. The smallest absolute Gasteiger partial charge is 0.161 e. The van der Waals surface area contributed by atoms with Crippen LogP contribution in [0.4, 0.5) is 11.5 Å². The van der Waals surface area contributed by atoms with Crippen LogP contribution in [-0.4, -0.2) is 50.4 Å². The fourth-order valence-corrected chi connectivity index (χ4v) is 4.12. The van der Waals surface area contributed by atoms with Gasteiger partial charge in [-0.25, -0.2) is 18.4 Å². The van der Waals surface area contributed by atoms with E-state index in [1.807, 2.05) is 12.1 Å². The van der Waals surface area contributed by atoms with Crippen LogP contribution in [0.1, 0.15) is 26.5 Å². The fraction of sp³-hybridized carbons (Fsp3) is 0.474. The second-order valence-electron chi connectivity index (χ2n) is 7.07. The summed E-state index contributed by atoms with van der Waals surface area (Å²) in [6.07, 6.45) is 0. The van der Waals surface area contributed by atoms with Crippen LogP contribution in [0, 0.1) is 0 Å². The van der Waals surface area contributed by atoms with Gasteiger partial charge in [0, 0.05) is 36.2 Å². The first-order chi connectivity index (χ1) is 12.7. The maximum Gasteiger partial charge on any atom is 0.161 e. The van der Waals surface area contributed by atoms with Gasteiger partial charge in [0.05, 0.1) is 18.9 Å². The zero-order valence-corrected chi connectivity index (χ0v) is 16.8. The Hall–Kier alpha value is -2.19. The van der Waals surface area contributed by atoms with Gasteiger partial charge in [0.15, 0.2) is 15.7 Å². The summed E-state index contributed by atoms with van der Waals surface area (Å²) in [4.78, 5) is 11.4. The molecule has 0 bridgehead atoms. The van der Waals surface area contributed by atoms with Gasteiger partial charge in [-0.3, -0.25) is 0 Å². The average molecular weight is 391 g/mol. The van der Waals surface area contributed by atoms with Gasteiger partial charge in [-0.1, -0.05) is 6.92 Å². The Balaban J connectivity index is 2.15. The first-order valence-corrected chi connectivity index (χ1v) is 10.7. The number of nitrogens with zero attached hydrogens (tertiary/aromatic N) is 3. The van der Waals surface area contributed by atoms with Crippen LogP contribution in [-0.2, 0) is 19.3 Å². The molecule has 1 aromatic heterocycles. The highest BCUT2D eigenvalue weighted by atomic mass is 32.2. The Morgan fingerprint density at radius 1 is 1.15 bits per heavy atom. The maximum absolute atomic E-state index is 12.7. The number of nitrogens with two attached hydrogens (primary N) is 1. The molecule has 2 N–H and O–H groups in total. The van der Waals surface area contributed by atoms with Crippen molar-refractivity contribution in [2.45, 2.75) is 25.5 Å². The summed E-state index contributed by atoms with van der Waals surface area (Å²) in [7, 11) is -3.36. The van der Waals surface area contributed by atoms with E-state index < -0.39 is 14.6 Å². The van der Waals surface area contributed by atoms with E-state index in [2.05, 4.69) is 9.88 Å². The number of sulfone groups is 1. The molecule has 0 spiro atoms. The standard InChI is InChI=1S/C19H26N4O3S/c1-4-27(24,25)19(2,3)16-13-17(23-9-11-26-12-10-23)22-18(21-16)14-5-7-15(20)8-6-14/h5-8,13H,4,9-12,20H2,1-3H3. The quantitative estimate of drug-likeness (QED) is 0.782. The van der Waals surface area contributed by atoms with Gasteiger partial charge in [0.1, 0.15) is 10.6 Å². The molecule has 7 nitrogen and oxygen atoms in total. The van der Waals surface area contributed by atoms with Crippen LogP contribution in [0.25, 0.3) is 11.4 Å². The monoisotopic (exact) mass is 390 g/mol. The van der Waals surface area contributed by atoms with Crippen molar-refractivity contribution in [1.82, 2.24) is 9.97 Å². The summed E-state index contributed by atoms with van der Waals surface area (Å²) < 4.78 is 29.7. The highest BCUT2D eigenvalue weighted by Crippen LogP contribution is 2.32. The van der Waals surface area contributed by atoms with Gasteiger partial charge < -0.3 is 15.4 Å². The molecule has 0 amide bonds. The van der Waals surface area contributed by atoms with Crippen molar-refractivity contribution in [3.63, 3.8) is 0 Å². The molecule has 0 radical (unpaired) electrons. The van der Waals surface area contributed by atoms with Crippen molar-refractivity contribution < 1.29 is 13.2 Å². The number of nitrogen functional groups attached to an aromatic ring is 1. The minimum Gasteiger partial charge on any atom is -0.399 e. The Kier molecular flexibility index (Phi) is 5.39. The third-order valence-electron chi connectivity index (χ3n) is 4.99. The molecule has 0 unspecified atom stereocenters. The van der Waals surface area contributed by atoms with Crippen LogP contribution < -0.4 is 10.6 Å². The van der Waals surface area contributed by atoms with E-state index in [-0.39, 0.29) is 5.75 Å². The molecule has 1 saturated heterocycles. The molecule has 27 heavy (non-hydrogen) atoms. The van der Waals surface area contributed by atoms with Crippen molar-refractivity contribution in [2.24, 2.45) is 0 Å².